The summed E-state index contributed by atoms with van der Waals surface area (Å²) in [6.07, 6.45) is 1.51. The van der Waals surface area contributed by atoms with E-state index in [1.807, 2.05) is 7.05 Å². The minimum Gasteiger partial charge on any atom is -0.494 e. The number of ether oxygens (including phenoxy) is 1. The first-order chi connectivity index (χ1) is 21.8. The summed E-state index contributed by atoms with van der Waals surface area (Å²) in [5.41, 5.74) is 0.836. The molecule has 2 aliphatic heterocycles. The van der Waals surface area contributed by atoms with Gasteiger partial charge in [-0.25, -0.2) is 4.98 Å². The minimum absolute atomic E-state index is 0.0346. The highest BCUT2D eigenvalue weighted by atomic mass is 35.5. The zero-order valence-corrected chi connectivity index (χ0v) is 24.5. The Morgan fingerprint density at radius 3 is 2.55 bits per heavy atom. The predicted octanol–water partition coefficient (Wildman–Crippen LogP) is 5.09. The summed E-state index contributed by atoms with van der Waals surface area (Å²) < 4.78 is 77.2. The molecule has 214 valence electrons. The van der Waals surface area contributed by atoms with E-state index in [9.17, 15) is 4.57 Å². The molecule has 11 heteroatoms. The van der Waals surface area contributed by atoms with Gasteiger partial charge in [-0.2, -0.15) is 4.98 Å². The zero-order chi connectivity index (χ0) is 34.4. The molecule has 0 amide bonds. The number of hydrogen-bond acceptors (Lipinski definition) is 9. The molecule has 0 unspecified atom stereocenters. The molecule has 2 aliphatic rings. The predicted molar refractivity (Wildman–Crippen MR) is 166 cm³/mol. The molecule has 0 radical (unpaired) electrons. The van der Waals surface area contributed by atoms with Gasteiger partial charge in [0.05, 0.1) is 28.7 Å². The Morgan fingerprint density at radius 1 is 1.07 bits per heavy atom. The van der Waals surface area contributed by atoms with Crippen LogP contribution in [-0.4, -0.2) is 92.4 Å². The number of nitrogens with zero attached hydrogens (tertiary/aromatic N) is 5. The number of halogens is 1. The number of piperazine rings is 1. The lowest BCUT2D eigenvalue weighted by atomic mass is 10.0. The Hall–Kier alpha value is -2.84. The van der Waals surface area contributed by atoms with Crippen molar-refractivity contribution in [3.8, 4) is 5.75 Å². The average molecular weight is 591 g/mol. The van der Waals surface area contributed by atoms with Crippen molar-refractivity contribution in [3.63, 3.8) is 0 Å². The standard InChI is InChI=1S/C29H39ClN7O2P/c1-35-15-17-37(18-16-35)21-11-13-36(14-12-21)22-9-10-24(26(19-22)39-2)33-29-31-20-23(30)28(34-29)32-25-7-5-6-8-27(25)40(3,4)38/h5-10,19-21H,11-18H2,1-4H3,(H2,31,32,33,34)/i2D3,13D2,14D2. The van der Waals surface area contributed by atoms with Crippen LogP contribution >= 0.6 is 18.7 Å². The number of methoxy groups -OCH3 is 1. The van der Waals surface area contributed by atoms with E-state index in [0.29, 0.717) is 11.0 Å². The van der Waals surface area contributed by atoms with Gasteiger partial charge < -0.3 is 29.7 Å². The van der Waals surface area contributed by atoms with Crippen LogP contribution in [0.5, 0.6) is 5.75 Å². The van der Waals surface area contributed by atoms with Gasteiger partial charge >= 0.3 is 0 Å². The third kappa shape index (κ3) is 6.72. The molecule has 0 bridgehead atoms. The van der Waals surface area contributed by atoms with E-state index < -0.39 is 27.2 Å². The van der Waals surface area contributed by atoms with Crippen molar-refractivity contribution in [1.29, 1.82) is 0 Å². The van der Waals surface area contributed by atoms with E-state index in [4.69, 9.17) is 25.9 Å². The quantitative estimate of drug-likeness (QED) is 0.348. The monoisotopic (exact) mass is 590 g/mol. The van der Waals surface area contributed by atoms with Gasteiger partial charge in [-0.1, -0.05) is 23.7 Å². The molecular weight excluding hydrogens is 545 g/mol. The fourth-order valence-electron chi connectivity index (χ4n) is 4.80. The first kappa shape index (κ1) is 20.9. The van der Waals surface area contributed by atoms with E-state index in [2.05, 4.69) is 30.4 Å². The van der Waals surface area contributed by atoms with E-state index in [-0.39, 0.29) is 52.8 Å². The fourth-order valence-corrected chi connectivity index (χ4v) is 6.09. The highest BCUT2D eigenvalue weighted by molar-refractivity contribution is 7.70. The Bertz CT molecular complexity index is 1630. The highest BCUT2D eigenvalue weighted by Gasteiger charge is 2.27. The van der Waals surface area contributed by atoms with Crippen LogP contribution in [0, 0.1) is 0 Å². The molecule has 2 aromatic carbocycles. The summed E-state index contributed by atoms with van der Waals surface area (Å²) in [4.78, 5) is 14.1. The molecule has 0 aliphatic carbocycles. The van der Waals surface area contributed by atoms with Crippen molar-refractivity contribution in [1.82, 2.24) is 19.8 Å². The molecule has 1 aromatic heterocycles. The molecule has 3 heterocycles. The number of benzene rings is 2. The van der Waals surface area contributed by atoms with Gasteiger partial charge in [0.15, 0.2) is 5.82 Å². The lowest BCUT2D eigenvalue weighted by Crippen LogP contribution is -2.52. The van der Waals surface area contributed by atoms with Crippen molar-refractivity contribution < 1.29 is 18.9 Å². The van der Waals surface area contributed by atoms with Crippen LogP contribution in [0.4, 0.5) is 28.8 Å². The fraction of sp³-hybridized carbons (Fsp3) is 0.448. The number of aromatic nitrogens is 2. The van der Waals surface area contributed by atoms with Gasteiger partial charge in [0.1, 0.15) is 17.9 Å². The van der Waals surface area contributed by atoms with Crippen LogP contribution in [-0.2, 0) is 4.57 Å². The smallest absolute Gasteiger partial charge is 0.229 e. The molecule has 2 saturated heterocycles. The van der Waals surface area contributed by atoms with Gasteiger partial charge in [-0.3, -0.25) is 4.90 Å². The van der Waals surface area contributed by atoms with Gasteiger partial charge in [-0.05, 0) is 57.5 Å². The Kier molecular flexibility index (Phi) is 6.47. The largest absolute Gasteiger partial charge is 0.494 e. The van der Waals surface area contributed by atoms with E-state index >= 15 is 0 Å². The molecule has 9 nitrogen and oxygen atoms in total. The summed E-state index contributed by atoms with van der Waals surface area (Å²) in [5, 5.41) is 6.86. The van der Waals surface area contributed by atoms with Crippen LogP contribution in [0.15, 0.2) is 48.7 Å². The van der Waals surface area contributed by atoms with E-state index in [1.54, 1.807) is 37.6 Å². The molecule has 2 N–H and O–H groups in total. The van der Waals surface area contributed by atoms with Crippen molar-refractivity contribution in [2.45, 2.75) is 18.9 Å². The number of rotatable bonds is 8. The lowest BCUT2D eigenvalue weighted by Gasteiger charge is -2.42. The van der Waals surface area contributed by atoms with Gasteiger partial charge in [-0.15, -0.1) is 0 Å². The average Bonchev–Trinajstić information content (AvgIpc) is 2.94. The van der Waals surface area contributed by atoms with E-state index in [0.717, 1.165) is 31.1 Å². The maximum absolute atomic E-state index is 12.9. The first-order valence-electron chi connectivity index (χ1n) is 16.6. The number of nitrogens with one attached hydrogen (secondary N) is 2. The Labute approximate surface area is 252 Å². The molecule has 3 aromatic rings. The maximum atomic E-state index is 12.9. The van der Waals surface area contributed by atoms with Crippen LogP contribution in [0.25, 0.3) is 0 Å². The highest BCUT2D eigenvalue weighted by Crippen LogP contribution is 2.39. The van der Waals surface area contributed by atoms with Crippen LogP contribution in [0.1, 0.15) is 22.4 Å². The molecular formula is C29H39ClN7O2P. The Balaban J connectivity index is 1.44. The molecule has 5 rings (SSSR count). The van der Waals surface area contributed by atoms with Crippen molar-refractivity contribution in [3.05, 3.63) is 53.7 Å². The summed E-state index contributed by atoms with van der Waals surface area (Å²) in [5.74, 6) is 0.0727. The van der Waals surface area contributed by atoms with Crippen molar-refractivity contribution >= 4 is 52.9 Å². The third-order valence-electron chi connectivity index (χ3n) is 7.09. The van der Waals surface area contributed by atoms with Crippen molar-refractivity contribution in [2.24, 2.45) is 0 Å². The van der Waals surface area contributed by atoms with Gasteiger partial charge in [0, 0.05) is 67.8 Å². The number of para-hydroxylation sites is 1. The number of hydrogen-bond donors (Lipinski definition) is 2. The minimum atomic E-state index is -2.87. The van der Waals surface area contributed by atoms with Gasteiger partial charge in [0.2, 0.25) is 5.95 Å². The second-order valence-corrected chi connectivity index (χ2v) is 13.9. The summed E-state index contributed by atoms with van der Waals surface area (Å²) >= 11 is 6.40. The maximum Gasteiger partial charge on any atom is 0.229 e. The van der Waals surface area contributed by atoms with Crippen LogP contribution in [0.2, 0.25) is 5.02 Å². The van der Waals surface area contributed by atoms with Gasteiger partial charge in [0.25, 0.3) is 0 Å². The summed E-state index contributed by atoms with van der Waals surface area (Å²) in [7, 11) is -3.48. The van der Waals surface area contributed by atoms with E-state index in [1.165, 1.54) is 24.4 Å². The molecule has 0 spiro atoms. The van der Waals surface area contributed by atoms with Crippen LogP contribution < -0.4 is 25.6 Å². The number of likely N-dealkylation sites (N-methyl/N-ethyl adjacent to an activating group) is 1. The molecule has 0 atom stereocenters. The number of anilines is 5. The SMILES string of the molecule is [2H]C([2H])([2H])Oc1cc(N2C([2H])([2H])CC(N3CCN(C)CC3)CC2([2H])[2H])ccc1Nc1ncc(Cl)c(Nc2ccccc2P(C)(C)=O)n1. The Morgan fingerprint density at radius 2 is 1.82 bits per heavy atom. The lowest BCUT2D eigenvalue weighted by molar-refractivity contribution is 0.0982. The molecule has 0 saturated carbocycles. The number of piperidine rings is 1. The molecule has 2 fully saturated rings. The molecule has 40 heavy (non-hydrogen) atoms. The second-order valence-electron chi connectivity index (χ2n) is 10.3. The topological polar surface area (TPSA) is 85.9 Å². The zero-order valence-electron chi connectivity index (χ0n) is 29.8. The first-order valence-corrected chi connectivity index (χ1v) is 16.1. The second kappa shape index (κ2) is 12.4. The van der Waals surface area contributed by atoms with Crippen molar-refractivity contribution in [2.75, 3.05) is 82.1 Å². The van der Waals surface area contributed by atoms with Crippen LogP contribution in [0.3, 0.4) is 0 Å². The third-order valence-corrected chi connectivity index (χ3v) is 8.91. The summed E-state index contributed by atoms with van der Waals surface area (Å²) in [6.45, 7) is 2.28. The normalized spacial score (nSPS) is 23.0. The summed E-state index contributed by atoms with van der Waals surface area (Å²) in [6, 6.07) is 11.1.